The molecule has 1 rings (SSSR count). The van der Waals surface area contributed by atoms with Crippen molar-refractivity contribution in [3.63, 3.8) is 0 Å². The zero-order valence-corrected chi connectivity index (χ0v) is 11.0. The maximum atomic E-state index is 3.53. The van der Waals surface area contributed by atoms with E-state index in [1.54, 1.807) is 0 Å². The first kappa shape index (κ1) is 13.0. The molecular formula is C13H28N2. The van der Waals surface area contributed by atoms with Gasteiger partial charge in [0.25, 0.3) is 0 Å². The van der Waals surface area contributed by atoms with Gasteiger partial charge in [-0.05, 0) is 46.7 Å². The summed E-state index contributed by atoms with van der Waals surface area (Å²) in [6.07, 6.45) is 5.84. The van der Waals surface area contributed by atoms with E-state index in [0.29, 0.717) is 0 Å². The molecule has 1 aliphatic rings. The van der Waals surface area contributed by atoms with Crippen molar-refractivity contribution in [2.24, 2.45) is 5.92 Å². The van der Waals surface area contributed by atoms with Crippen molar-refractivity contribution in [2.45, 2.75) is 52.0 Å². The second-order valence-electron chi connectivity index (χ2n) is 6.07. The van der Waals surface area contributed by atoms with Gasteiger partial charge in [-0.3, -0.25) is 0 Å². The van der Waals surface area contributed by atoms with Gasteiger partial charge in [-0.2, -0.15) is 0 Å². The van der Waals surface area contributed by atoms with Crippen LogP contribution in [0.2, 0.25) is 0 Å². The van der Waals surface area contributed by atoms with E-state index >= 15 is 0 Å². The Bertz CT molecular complexity index is 168. The van der Waals surface area contributed by atoms with Crippen LogP contribution in [0.15, 0.2) is 0 Å². The Morgan fingerprint density at radius 1 is 1.20 bits per heavy atom. The minimum atomic E-state index is 0.259. The Kier molecular flexibility index (Phi) is 5.07. The first-order valence-corrected chi connectivity index (χ1v) is 6.41. The predicted molar refractivity (Wildman–Crippen MR) is 67.2 cm³/mol. The Morgan fingerprint density at radius 3 is 2.33 bits per heavy atom. The zero-order valence-electron chi connectivity index (χ0n) is 11.0. The number of rotatable bonds is 6. The van der Waals surface area contributed by atoms with Crippen molar-refractivity contribution in [3.8, 4) is 0 Å². The number of nitrogens with zero attached hydrogens (tertiary/aromatic N) is 1. The fraction of sp³-hybridized carbons (Fsp3) is 1.00. The van der Waals surface area contributed by atoms with Gasteiger partial charge in [0.1, 0.15) is 0 Å². The zero-order chi connectivity index (χ0) is 11.3. The smallest absolute Gasteiger partial charge is 0.0104 e. The number of hydrogen-bond acceptors (Lipinski definition) is 2. The first-order chi connectivity index (χ1) is 6.97. The molecule has 0 amide bonds. The molecule has 0 bridgehead atoms. The minimum Gasteiger partial charge on any atom is -0.311 e. The van der Waals surface area contributed by atoms with E-state index in [4.69, 9.17) is 0 Å². The summed E-state index contributed by atoms with van der Waals surface area (Å²) < 4.78 is 0. The maximum Gasteiger partial charge on any atom is 0.0104 e. The van der Waals surface area contributed by atoms with Gasteiger partial charge in [0, 0.05) is 18.6 Å². The molecule has 0 saturated heterocycles. The second kappa shape index (κ2) is 5.86. The maximum absolute atomic E-state index is 3.53. The Balaban J connectivity index is 1.95. The van der Waals surface area contributed by atoms with Crippen LogP contribution in [0.4, 0.5) is 0 Å². The van der Waals surface area contributed by atoms with Crippen LogP contribution in [0.5, 0.6) is 0 Å². The topological polar surface area (TPSA) is 15.3 Å². The highest BCUT2D eigenvalue weighted by molar-refractivity contribution is 4.73. The van der Waals surface area contributed by atoms with E-state index in [1.165, 1.54) is 38.8 Å². The molecule has 15 heavy (non-hydrogen) atoms. The molecule has 0 aromatic rings. The van der Waals surface area contributed by atoms with E-state index in [1.807, 2.05) is 0 Å². The van der Waals surface area contributed by atoms with E-state index < -0.39 is 0 Å². The third-order valence-corrected chi connectivity index (χ3v) is 3.29. The molecule has 1 aliphatic carbocycles. The van der Waals surface area contributed by atoms with Crippen molar-refractivity contribution in [1.82, 2.24) is 10.2 Å². The van der Waals surface area contributed by atoms with Gasteiger partial charge in [-0.15, -0.1) is 0 Å². The van der Waals surface area contributed by atoms with Crippen molar-refractivity contribution in [1.29, 1.82) is 0 Å². The second-order valence-corrected chi connectivity index (χ2v) is 6.07. The highest BCUT2D eigenvalue weighted by Gasteiger charge is 2.17. The average molecular weight is 212 g/mol. The molecule has 0 radical (unpaired) electrons. The van der Waals surface area contributed by atoms with Gasteiger partial charge in [-0.1, -0.05) is 19.3 Å². The third-order valence-electron chi connectivity index (χ3n) is 3.29. The fourth-order valence-electron chi connectivity index (χ4n) is 1.92. The molecule has 0 aromatic heterocycles. The van der Waals surface area contributed by atoms with E-state index in [0.717, 1.165) is 12.5 Å². The van der Waals surface area contributed by atoms with E-state index in [2.05, 4.69) is 38.0 Å². The molecule has 2 nitrogen and oxygen atoms in total. The van der Waals surface area contributed by atoms with Crippen LogP contribution in [-0.4, -0.2) is 37.1 Å². The van der Waals surface area contributed by atoms with Crippen LogP contribution in [0.3, 0.4) is 0 Å². The lowest BCUT2D eigenvalue weighted by Crippen LogP contribution is -2.41. The van der Waals surface area contributed by atoms with Crippen LogP contribution in [0.1, 0.15) is 46.5 Å². The van der Waals surface area contributed by atoms with E-state index in [9.17, 15) is 0 Å². The molecule has 1 saturated carbocycles. The number of nitrogens with one attached hydrogen (secondary N) is 1. The van der Waals surface area contributed by atoms with Gasteiger partial charge in [0.15, 0.2) is 0 Å². The quantitative estimate of drug-likeness (QED) is 0.728. The van der Waals surface area contributed by atoms with Crippen molar-refractivity contribution >= 4 is 0 Å². The lowest BCUT2D eigenvalue weighted by atomic mass is 9.83. The summed E-state index contributed by atoms with van der Waals surface area (Å²) in [5.41, 5.74) is 0.259. The standard InChI is InChI=1S/C13H28N2/c1-13(2,3)14-9-11-15(4)10-8-12-6-5-7-12/h12,14H,5-11H2,1-4H3. The van der Waals surface area contributed by atoms with Gasteiger partial charge in [0.2, 0.25) is 0 Å². The molecule has 0 heterocycles. The minimum absolute atomic E-state index is 0.259. The molecule has 0 aliphatic heterocycles. The molecule has 0 spiro atoms. The predicted octanol–water partition coefficient (Wildman–Crippen LogP) is 2.50. The monoisotopic (exact) mass is 212 g/mol. The lowest BCUT2D eigenvalue weighted by Gasteiger charge is -2.28. The van der Waals surface area contributed by atoms with Crippen LogP contribution in [0, 0.1) is 5.92 Å². The summed E-state index contributed by atoms with van der Waals surface area (Å²) in [4.78, 5) is 2.46. The summed E-state index contributed by atoms with van der Waals surface area (Å²) in [5, 5.41) is 3.53. The largest absolute Gasteiger partial charge is 0.311 e. The van der Waals surface area contributed by atoms with Gasteiger partial charge >= 0.3 is 0 Å². The Labute approximate surface area is 95.4 Å². The Hall–Kier alpha value is -0.0800. The number of likely N-dealkylation sites (N-methyl/N-ethyl adjacent to an activating group) is 1. The van der Waals surface area contributed by atoms with Gasteiger partial charge in [-0.25, -0.2) is 0 Å². The van der Waals surface area contributed by atoms with Crippen molar-refractivity contribution in [2.75, 3.05) is 26.7 Å². The lowest BCUT2D eigenvalue weighted by molar-refractivity contribution is 0.235. The van der Waals surface area contributed by atoms with Crippen LogP contribution in [-0.2, 0) is 0 Å². The summed E-state index contributed by atoms with van der Waals surface area (Å²) in [7, 11) is 2.24. The third kappa shape index (κ3) is 6.16. The van der Waals surface area contributed by atoms with Crippen LogP contribution < -0.4 is 5.32 Å². The molecule has 2 heteroatoms. The van der Waals surface area contributed by atoms with E-state index in [-0.39, 0.29) is 5.54 Å². The average Bonchev–Trinajstić information content (AvgIpc) is 1.98. The molecule has 90 valence electrons. The summed E-state index contributed by atoms with van der Waals surface area (Å²) in [5.74, 6) is 1.04. The van der Waals surface area contributed by atoms with Gasteiger partial charge in [0.05, 0.1) is 0 Å². The Morgan fingerprint density at radius 2 is 1.87 bits per heavy atom. The van der Waals surface area contributed by atoms with Gasteiger partial charge < -0.3 is 10.2 Å². The summed E-state index contributed by atoms with van der Waals surface area (Å²) in [6, 6.07) is 0. The summed E-state index contributed by atoms with van der Waals surface area (Å²) >= 11 is 0. The summed E-state index contributed by atoms with van der Waals surface area (Å²) in [6.45, 7) is 10.2. The molecule has 0 aromatic carbocycles. The highest BCUT2D eigenvalue weighted by atomic mass is 15.1. The molecular weight excluding hydrogens is 184 g/mol. The normalized spacial score (nSPS) is 18.2. The number of hydrogen-bond donors (Lipinski definition) is 1. The van der Waals surface area contributed by atoms with Crippen LogP contribution in [0.25, 0.3) is 0 Å². The molecule has 0 atom stereocenters. The fourth-order valence-corrected chi connectivity index (χ4v) is 1.92. The SMILES string of the molecule is CN(CCNC(C)(C)C)CCC1CCC1. The van der Waals surface area contributed by atoms with Crippen molar-refractivity contribution in [3.05, 3.63) is 0 Å². The van der Waals surface area contributed by atoms with Crippen LogP contribution >= 0.6 is 0 Å². The molecule has 1 N–H and O–H groups in total. The molecule has 1 fully saturated rings. The highest BCUT2D eigenvalue weighted by Crippen LogP contribution is 2.29. The molecule has 0 unspecified atom stereocenters. The first-order valence-electron chi connectivity index (χ1n) is 6.41. The van der Waals surface area contributed by atoms with Crippen molar-refractivity contribution < 1.29 is 0 Å².